The molecule has 0 amide bonds. The van der Waals surface area contributed by atoms with Crippen LogP contribution in [0.15, 0.2) is 39.6 Å². The van der Waals surface area contributed by atoms with Crippen LogP contribution in [0.25, 0.3) is 0 Å². The van der Waals surface area contributed by atoms with E-state index in [1.807, 2.05) is 25.1 Å². The molecular weight excluding hydrogens is 190 g/mol. The van der Waals surface area contributed by atoms with Crippen molar-refractivity contribution in [1.29, 1.82) is 0 Å². The quantitative estimate of drug-likeness (QED) is 0.833. The Labute approximate surface area is 89.1 Å². The van der Waals surface area contributed by atoms with E-state index in [1.54, 1.807) is 12.5 Å². The second-order valence-electron chi connectivity index (χ2n) is 3.64. The zero-order valence-electron chi connectivity index (χ0n) is 8.99. The average Bonchev–Trinajstić information content (AvgIpc) is 2.85. The van der Waals surface area contributed by atoms with Crippen LogP contribution in [0.5, 0.6) is 0 Å². The van der Waals surface area contributed by atoms with Gasteiger partial charge in [0.15, 0.2) is 0 Å². The summed E-state index contributed by atoms with van der Waals surface area (Å²) in [7, 11) is 0. The monoisotopic (exact) mass is 205 g/mol. The highest BCUT2D eigenvalue weighted by Crippen LogP contribution is 2.14. The van der Waals surface area contributed by atoms with Gasteiger partial charge in [-0.15, -0.1) is 0 Å². The van der Waals surface area contributed by atoms with Crippen LogP contribution in [0.1, 0.15) is 30.0 Å². The standard InChI is InChI=1S/C12H15NO2/c1-9-5-7-15-12(9)8-13-10(2)11-4-3-6-14-11/h3-7,10,13H,8H2,1-2H3/t10-/m1/s1. The van der Waals surface area contributed by atoms with Crippen LogP contribution in [0, 0.1) is 6.92 Å². The molecule has 2 aromatic heterocycles. The van der Waals surface area contributed by atoms with Gasteiger partial charge in [0.1, 0.15) is 11.5 Å². The fraction of sp³-hybridized carbons (Fsp3) is 0.333. The predicted molar refractivity (Wildman–Crippen MR) is 57.4 cm³/mol. The number of furan rings is 2. The Hall–Kier alpha value is -1.48. The maximum absolute atomic E-state index is 5.34. The van der Waals surface area contributed by atoms with Gasteiger partial charge < -0.3 is 14.2 Å². The van der Waals surface area contributed by atoms with Gasteiger partial charge in [-0.3, -0.25) is 0 Å². The zero-order valence-corrected chi connectivity index (χ0v) is 8.99. The lowest BCUT2D eigenvalue weighted by Gasteiger charge is -2.09. The molecule has 3 nitrogen and oxygen atoms in total. The number of hydrogen-bond acceptors (Lipinski definition) is 3. The summed E-state index contributed by atoms with van der Waals surface area (Å²) in [6.45, 7) is 4.83. The van der Waals surface area contributed by atoms with Crippen molar-refractivity contribution in [2.45, 2.75) is 26.4 Å². The first-order chi connectivity index (χ1) is 7.27. The van der Waals surface area contributed by atoms with E-state index in [0.717, 1.165) is 18.1 Å². The van der Waals surface area contributed by atoms with Gasteiger partial charge >= 0.3 is 0 Å². The topological polar surface area (TPSA) is 38.3 Å². The third-order valence-corrected chi connectivity index (χ3v) is 2.51. The van der Waals surface area contributed by atoms with Crippen LogP contribution in [0.2, 0.25) is 0 Å². The van der Waals surface area contributed by atoms with Gasteiger partial charge in [-0.2, -0.15) is 0 Å². The van der Waals surface area contributed by atoms with Gasteiger partial charge in [0, 0.05) is 0 Å². The highest BCUT2D eigenvalue weighted by Gasteiger charge is 2.09. The second kappa shape index (κ2) is 4.36. The molecule has 0 aliphatic carbocycles. The highest BCUT2D eigenvalue weighted by molar-refractivity contribution is 5.14. The van der Waals surface area contributed by atoms with Crippen molar-refractivity contribution in [1.82, 2.24) is 5.32 Å². The Morgan fingerprint density at radius 1 is 1.27 bits per heavy atom. The summed E-state index contributed by atoms with van der Waals surface area (Å²) in [5.74, 6) is 1.92. The summed E-state index contributed by atoms with van der Waals surface area (Å²) >= 11 is 0. The van der Waals surface area contributed by atoms with Crippen LogP contribution >= 0.6 is 0 Å². The molecule has 0 aliphatic heterocycles. The Morgan fingerprint density at radius 3 is 2.73 bits per heavy atom. The molecule has 2 aromatic rings. The summed E-state index contributed by atoms with van der Waals surface area (Å²) in [5, 5.41) is 3.34. The smallest absolute Gasteiger partial charge is 0.120 e. The van der Waals surface area contributed by atoms with Crippen molar-refractivity contribution in [3.63, 3.8) is 0 Å². The third kappa shape index (κ3) is 2.30. The molecule has 80 valence electrons. The number of nitrogens with one attached hydrogen (secondary N) is 1. The van der Waals surface area contributed by atoms with Gasteiger partial charge in [0.2, 0.25) is 0 Å². The molecule has 0 saturated heterocycles. The third-order valence-electron chi connectivity index (χ3n) is 2.51. The Kier molecular flexibility index (Phi) is 2.92. The lowest BCUT2D eigenvalue weighted by atomic mass is 10.2. The number of hydrogen-bond donors (Lipinski definition) is 1. The van der Waals surface area contributed by atoms with E-state index in [0.29, 0.717) is 0 Å². The fourth-order valence-corrected chi connectivity index (χ4v) is 1.47. The van der Waals surface area contributed by atoms with E-state index >= 15 is 0 Å². The summed E-state index contributed by atoms with van der Waals surface area (Å²) in [4.78, 5) is 0. The largest absolute Gasteiger partial charge is 0.468 e. The fourth-order valence-electron chi connectivity index (χ4n) is 1.47. The summed E-state index contributed by atoms with van der Waals surface area (Å²) < 4.78 is 10.6. The van der Waals surface area contributed by atoms with Crippen LogP contribution < -0.4 is 5.32 Å². The molecule has 0 spiro atoms. The van der Waals surface area contributed by atoms with Crippen LogP contribution in [0.4, 0.5) is 0 Å². The minimum Gasteiger partial charge on any atom is -0.468 e. The Bertz CT molecular complexity index is 403. The first-order valence-electron chi connectivity index (χ1n) is 5.07. The van der Waals surface area contributed by atoms with E-state index in [1.165, 1.54) is 5.56 Å². The van der Waals surface area contributed by atoms with E-state index < -0.39 is 0 Å². The number of aryl methyl sites for hydroxylation is 1. The first kappa shape index (κ1) is 10.1. The van der Waals surface area contributed by atoms with E-state index in [4.69, 9.17) is 8.83 Å². The van der Waals surface area contributed by atoms with Gasteiger partial charge in [-0.05, 0) is 37.6 Å². The highest BCUT2D eigenvalue weighted by atomic mass is 16.3. The Morgan fingerprint density at radius 2 is 2.13 bits per heavy atom. The lowest BCUT2D eigenvalue weighted by Crippen LogP contribution is -2.17. The molecular formula is C12H15NO2. The molecule has 0 fully saturated rings. The molecule has 0 bridgehead atoms. The molecule has 0 radical (unpaired) electrons. The maximum atomic E-state index is 5.34. The lowest BCUT2D eigenvalue weighted by molar-refractivity contribution is 0.406. The van der Waals surface area contributed by atoms with Gasteiger partial charge in [0.25, 0.3) is 0 Å². The van der Waals surface area contributed by atoms with E-state index in [2.05, 4.69) is 12.2 Å². The maximum Gasteiger partial charge on any atom is 0.120 e. The van der Waals surface area contributed by atoms with Crippen LogP contribution in [-0.2, 0) is 6.54 Å². The molecule has 2 rings (SSSR count). The minimum atomic E-state index is 0.199. The second-order valence-corrected chi connectivity index (χ2v) is 3.64. The summed E-state index contributed by atoms with van der Waals surface area (Å²) in [6, 6.07) is 6.02. The van der Waals surface area contributed by atoms with Crippen molar-refractivity contribution >= 4 is 0 Å². The average molecular weight is 205 g/mol. The van der Waals surface area contributed by atoms with Gasteiger partial charge in [-0.25, -0.2) is 0 Å². The van der Waals surface area contributed by atoms with Crippen LogP contribution in [0.3, 0.4) is 0 Å². The van der Waals surface area contributed by atoms with Crippen molar-refractivity contribution in [3.05, 3.63) is 47.8 Å². The summed E-state index contributed by atoms with van der Waals surface area (Å²) in [5.41, 5.74) is 1.18. The minimum absolute atomic E-state index is 0.199. The molecule has 1 N–H and O–H groups in total. The normalized spacial score (nSPS) is 12.9. The predicted octanol–water partition coefficient (Wildman–Crippen LogP) is 3.03. The zero-order chi connectivity index (χ0) is 10.7. The van der Waals surface area contributed by atoms with E-state index in [-0.39, 0.29) is 6.04 Å². The number of rotatable bonds is 4. The van der Waals surface area contributed by atoms with Crippen molar-refractivity contribution in [3.8, 4) is 0 Å². The van der Waals surface area contributed by atoms with Gasteiger partial charge in [0.05, 0.1) is 25.1 Å². The summed E-state index contributed by atoms with van der Waals surface area (Å²) in [6.07, 6.45) is 3.40. The molecule has 2 heterocycles. The van der Waals surface area contributed by atoms with E-state index in [9.17, 15) is 0 Å². The molecule has 0 unspecified atom stereocenters. The van der Waals surface area contributed by atoms with Crippen molar-refractivity contribution in [2.75, 3.05) is 0 Å². The molecule has 0 aliphatic rings. The molecule has 3 heteroatoms. The van der Waals surface area contributed by atoms with Crippen molar-refractivity contribution in [2.24, 2.45) is 0 Å². The molecule has 0 aromatic carbocycles. The Balaban J connectivity index is 1.91. The molecule has 1 atom stereocenters. The van der Waals surface area contributed by atoms with Crippen LogP contribution in [-0.4, -0.2) is 0 Å². The molecule has 15 heavy (non-hydrogen) atoms. The van der Waals surface area contributed by atoms with Crippen molar-refractivity contribution < 1.29 is 8.83 Å². The molecule has 0 saturated carbocycles. The SMILES string of the molecule is Cc1ccoc1CN[C@H](C)c1ccco1. The van der Waals surface area contributed by atoms with Gasteiger partial charge in [-0.1, -0.05) is 0 Å². The first-order valence-corrected chi connectivity index (χ1v) is 5.07.